The lowest BCUT2D eigenvalue weighted by molar-refractivity contribution is 0.0998. The average molecular weight is 520 g/mol. The van der Waals surface area contributed by atoms with Gasteiger partial charge in [0.25, 0.3) is 11.8 Å². The number of primary amides is 1. The lowest BCUT2D eigenvalue weighted by Crippen LogP contribution is -2.43. The van der Waals surface area contributed by atoms with Crippen molar-refractivity contribution in [2.45, 2.75) is 37.8 Å². The highest BCUT2D eigenvalue weighted by atomic mass is 32.1. The molecule has 190 valence electrons. The molecule has 1 aliphatic rings. The second-order valence-corrected chi connectivity index (χ2v) is 9.88. The first-order chi connectivity index (χ1) is 17.9. The number of carbonyl (C=O) groups is 2. The van der Waals surface area contributed by atoms with Crippen LogP contribution in [0.4, 0.5) is 27.4 Å². The fourth-order valence-electron chi connectivity index (χ4n) is 4.45. The van der Waals surface area contributed by atoms with Crippen molar-refractivity contribution >= 4 is 56.2 Å². The number of hydrogen-bond donors (Lipinski definition) is 5. The van der Waals surface area contributed by atoms with Crippen LogP contribution in [-0.2, 0) is 0 Å². The van der Waals surface area contributed by atoms with Gasteiger partial charge in [-0.25, -0.2) is 9.37 Å². The summed E-state index contributed by atoms with van der Waals surface area (Å²) in [5, 5.41) is 11.6. The van der Waals surface area contributed by atoms with Gasteiger partial charge in [-0.3, -0.25) is 14.6 Å². The number of nitrogens with zero attached hydrogens (tertiary/aromatic N) is 2. The highest BCUT2D eigenvalue weighted by Gasteiger charge is 2.24. The van der Waals surface area contributed by atoms with Gasteiger partial charge in [-0.2, -0.15) is 0 Å². The van der Waals surface area contributed by atoms with Gasteiger partial charge in [0.05, 0.1) is 34.9 Å². The minimum atomic E-state index is -0.837. The van der Waals surface area contributed by atoms with Crippen LogP contribution in [0.1, 0.15) is 46.4 Å². The maximum atomic E-state index is 14.8. The van der Waals surface area contributed by atoms with Crippen molar-refractivity contribution in [3.63, 3.8) is 0 Å². The normalized spacial score (nSPS) is 17.4. The molecule has 0 saturated heterocycles. The quantitative estimate of drug-likeness (QED) is 0.239. The topological polar surface area (TPSA) is 148 Å². The van der Waals surface area contributed by atoms with Gasteiger partial charge >= 0.3 is 0 Å². The molecule has 0 radical (unpaired) electrons. The number of carbonyl (C=O) groups excluding carboxylic acids is 2. The van der Waals surface area contributed by atoms with Crippen molar-refractivity contribution in [1.82, 2.24) is 9.97 Å². The third kappa shape index (κ3) is 5.37. The molecule has 9 nitrogen and oxygen atoms in total. The maximum absolute atomic E-state index is 14.8. The average Bonchev–Trinajstić information content (AvgIpc) is 3.32. The number of thiophene rings is 1. The molecule has 2 amide bonds. The third-order valence-corrected chi connectivity index (χ3v) is 7.33. The van der Waals surface area contributed by atoms with Crippen molar-refractivity contribution < 1.29 is 14.0 Å². The van der Waals surface area contributed by atoms with E-state index in [0.717, 1.165) is 41.8 Å². The standard InChI is InChI=1S/C26H26FN7O2S/c27-19-10-17(23(29)35)24(34-25(19)33-21-7-3-2-6-20(21)28)31-14-9-15(12-30-11-14)32-26(36)18-13-37-22-8-4-1-5-16(18)22/h1,4-5,8-13,20-21H,2-3,6-7,28H2,(H2,29,35)(H,32,36)(H2,31,33,34)/t20-,21?/m0/s1. The van der Waals surface area contributed by atoms with Gasteiger partial charge in [0.15, 0.2) is 11.6 Å². The van der Waals surface area contributed by atoms with Crippen LogP contribution in [0, 0.1) is 5.82 Å². The molecule has 2 atom stereocenters. The summed E-state index contributed by atoms with van der Waals surface area (Å²) in [6.45, 7) is 0. The number of rotatable bonds is 7. The van der Waals surface area contributed by atoms with Crippen molar-refractivity contribution in [2.75, 3.05) is 16.0 Å². The van der Waals surface area contributed by atoms with Crippen LogP contribution in [0.5, 0.6) is 0 Å². The van der Waals surface area contributed by atoms with E-state index in [9.17, 15) is 14.0 Å². The highest BCUT2D eigenvalue weighted by molar-refractivity contribution is 7.17. The molecule has 3 heterocycles. The summed E-state index contributed by atoms with van der Waals surface area (Å²) in [4.78, 5) is 33.4. The van der Waals surface area contributed by atoms with Gasteiger partial charge in [-0.1, -0.05) is 31.0 Å². The van der Waals surface area contributed by atoms with Crippen molar-refractivity contribution in [2.24, 2.45) is 11.5 Å². The number of fused-ring (bicyclic) bond motifs is 1. The number of aromatic nitrogens is 2. The largest absolute Gasteiger partial charge is 0.365 e. The van der Waals surface area contributed by atoms with Gasteiger partial charge in [0.2, 0.25) is 0 Å². The molecule has 7 N–H and O–H groups in total. The number of pyridine rings is 2. The Hall–Kier alpha value is -4.09. The smallest absolute Gasteiger partial charge is 0.257 e. The van der Waals surface area contributed by atoms with E-state index in [1.165, 1.54) is 23.7 Å². The molecular formula is C26H26FN7O2S. The number of halogens is 1. The first-order valence-electron chi connectivity index (χ1n) is 11.9. The van der Waals surface area contributed by atoms with Gasteiger partial charge < -0.3 is 27.4 Å². The SMILES string of the molecule is NC(=O)c1cc(F)c(NC2CCCC[C@@H]2N)nc1Nc1cncc(NC(=O)c2csc3ccccc23)c1. The first-order valence-corrected chi connectivity index (χ1v) is 12.8. The minimum absolute atomic E-state index is 0.0170. The van der Waals surface area contributed by atoms with E-state index in [1.54, 1.807) is 6.07 Å². The Balaban J connectivity index is 1.38. The molecular weight excluding hydrogens is 493 g/mol. The number of anilines is 4. The van der Waals surface area contributed by atoms with E-state index in [4.69, 9.17) is 11.5 Å². The number of benzene rings is 1. The van der Waals surface area contributed by atoms with Gasteiger partial charge in [0.1, 0.15) is 5.82 Å². The number of nitrogens with one attached hydrogen (secondary N) is 3. The lowest BCUT2D eigenvalue weighted by atomic mass is 9.91. The number of hydrogen-bond acceptors (Lipinski definition) is 8. The summed E-state index contributed by atoms with van der Waals surface area (Å²) >= 11 is 1.49. The summed E-state index contributed by atoms with van der Waals surface area (Å²) in [7, 11) is 0. The van der Waals surface area contributed by atoms with Gasteiger partial charge in [-0.15, -0.1) is 11.3 Å². The van der Waals surface area contributed by atoms with Crippen LogP contribution in [0.3, 0.4) is 0 Å². The van der Waals surface area contributed by atoms with Gasteiger partial charge in [-0.05, 0) is 31.0 Å². The molecule has 37 heavy (non-hydrogen) atoms. The van der Waals surface area contributed by atoms with Crippen molar-refractivity contribution in [3.8, 4) is 0 Å². The molecule has 5 rings (SSSR count). The summed E-state index contributed by atoms with van der Waals surface area (Å²) in [6.07, 6.45) is 6.66. The summed E-state index contributed by atoms with van der Waals surface area (Å²) in [5.41, 5.74) is 13.0. The monoisotopic (exact) mass is 519 g/mol. The van der Waals surface area contributed by atoms with Crippen molar-refractivity contribution in [3.05, 3.63) is 71.1 Å². The van der Waals surface area contributed by atoms with E-state index in [1.807, 2.05) is 29.6 Å². The van der Waals surface area contributed by atoms with Gasteiger partial charge in [0, 0.05) is 27.5 Å². The summed E-state index contributed by atoms with van der Waals surface area (Å²) in [6, 6.07) is 10.1. The Morgan fingerprint density at radius 2 is 1.81 bits per heavy atom. The fourth-order valence-corrected chi connectivity index (χ4v) is 5.39. The van der Waals surface area contributed by atoms with Crippen LogP contribution in [0.25, 0.3) is 10.1 Å². The molecule has 0 spiro atoms. The second-order valence-electron chi connectivity index (χ2n) is 8.97. The Labute approximate surface area is 216 Å². The van der Waals surface area contributed by atoms with E-state index >= 15 is 0 Å². The third-order valence-electron chi connectivity index (χ3n) is 6.37. The second kappa shape index (κ2) is 10.5. The molecule has 4 aromatic rings. The predicted molar refractivity (Wildman–Crippen MR) is 144 cm³/mol. The molecule has 1 saturated carbocycles. The zero-order valence-electron chi connectivity index (χ0n) is 19.8. The first kappa shape index (κ1) is 24.6. The van der Waals surface area contributed by atoms with E-state index in [-0.39, 0.29) is 35.2 Å². The summed E-state index contributed by atoms with van der Waals surface area (Å²) < 4.78 is 15.8. The van der Waals surface area contributed by atoms with Crippen LogP contribution < -0.4 is 27.4 Å². The zero-order valence-corrected chi connectivity index (χ0v) is 20.6. The van der Waals surface area contributed by atoms with E-state index < -0.39 is 11.7 Å². The van der Waals surface area contributed by atoms with Crippen LogP contribution in [-0.4, -0.2) is 33.9 Å². The highest BCUT2D eigenvalue weighted by Crippen LogP contribution is 2.29. The molecule has 1 aromatic carbocycles. The fraction of sp³-hybridized carbons (Fsp3) is 0.231. The zero-order chi connectivity index (χ0) is 25.9. The lowest BCUT2D eigenvalue weighted by Gasteiger charge is -2.30. The van der Waals surface area contributed by atoms with Crippen molar-refractivity contribution in [1.29, 1.82) is 0 Å². The van der Waals surface area contributed by atoms with Crippen LogP contribution in [0.2, 0.25) is 0 Å². The Bertz CT molecular complexity index is 1470. The molecule has 1 aliphatic carbocycles. The number of amides is 2. The van der Waals surface area contributed by atoms with E-state index in [2.05, 4.69) is 25.9 Å². The van der Waals surface area contributed by atoms with Crippen LogP contribution >= 0.6 is 11.3 Å². The maximum Gasteiger partial charge on any atom is 0.257 e. The molecule has 3 aromatic heterocycles. The molecule has 0 aliphatic heterocycles. The minimum Gasteiger partial charge on any atom is -0.365 e. The molecule has 1 fully saturated rings. The Morgan fingerprint density at radius 3 is 2.62 bits per heavy atom. The summed E-state index contributed by atoms with van der Waals surface area (Å²) in [5.74, 6) is -1.76. The molecule has 0 bridgehead atoms. The molecule has 1 unspecified atom stereocenters. The number of nitrogens with two attached hydrogens (primary N) is 2. The van der Waals surface area contributed by atoms with Crippen LogP contribution in [0.15, 0.2) is 54.2 Å². The van der Waals surface area contributed by atoms with E-state index in [0.29, 0.717) is 16.9 Å². The Morgan fingerprint density at radius 1 is 1.03 bits per heavy atom. The predicted octanol–water partition coefficient (Wildman–Crippen LogP) is 4.61. The molecule has 11 heteroatoms. The Kier molecular flexibility index (Phi) is 6.97.